The zero-order valence-electron chi connectivity index (χ0n) is 32.5. The van der Waals surface area contributed by atoms with Crippen molar-refractivity contribution in [2.45, 2.75) is 5.41 Å². The van der Waals surface area contributed by atoms with Gasteiger partial charge in [-0.3, -0.25) is 0 Å². The van der Waals surface area contributed by atoms with Crippen molar-refractivity contribution in [2.75, 3.05) is 4.90 Å². The van der Waals surface area contributed by atoms with Gasteiger partial charge in [-0.2, -0.15) is 0 Å². The molecule has 0 saturated carbocycles. The van der Waals surface area contributed by atoms with Crippen LogP contribution >= 0.6 is 0 Å². The van der Waals surface area contributed by atoms with Gasteiger partial charge in [0.2, 0.25) is 5.89 Å². The molecule has 2 aromatic heterocycles. The van der Waals surface area contributed by atoms with Crippen LogP contribution in [0.25, 0.3) is 66.7 Å². The Morgan fingerprint density at radius 2 is 0.983 bits per heavy atom. The van der Waals surface area contributed by atoms with E-state index < -0.39 is 5.41 Å². The SMILES string of the molecule is c1ccc(-c2nc3ccc(N(c4ccc(-c5cccc6c5oc5ccccc56)cc4)c4ccc5c(c4)C(c4ccccc4)(c4ccccc4)c4ccccc4-5)cc3o2)cc1. The fourth-order valence-corrected chi connectivity index (χ4v) is 9.54. The lowest BCUT2D eigenvalue weighted by Crippen LogP contribution is -2.28. The zero-order chi connectivity index (χ0) is 39.6. The van der Waals surface area contributed by atoms with Crippen LogP contribution in [0.3, 0.4) is 0 Å². The van der Waals surface area contributed by atoms with Crippen molar-refractivity contribution >= 4 is 50.1 Å². The third-order valence-corrected chi connectivity index (χ3v) is 12.2. The Morgan fingerprint density at radius 3 is 1.77 bits per heavy atom. The van der Waals surface area contributed by atoms with E-state index in [9.17, 15) is 0 Å². The van der Waals surface area contributed by atoms with Gasteiger partial charge in [-0.15, -0.1) is 0 Å². The molecule has 4 nitrogen and oxygen atoms in total. The minimum atomic E-state index is -0.537. The quantitative estimate of drug-likeness (QED) is 0.162. The number of benzene rings is 9. The number of hydrogen-bond donors (Lipinski definition) is 0. The van der Waals surface area contributed by atoms with E-state index in [0.29, 0.717) is 5.89 Å². The van der Waals surface area contributed by atoms with Gasteiger partial charge in [0.1, 0.15) is 16.7 Å². The second-order valence-electron chi connectivity index (χ2n) is 15.5. The lowest BCUT2D eigenvalue weighted by molar-refractivity contribution is 0.620. The number of para-hydroxylation sites is 2. The minimum Gasteiger partial charge on any atom is -0.455 e. The molecule has 0 aliphatic heterocycles. The third kappa shape index (κ3) is 5.21. The molecule has 0 saturated heterocycles. The topological polar surface area (TPSA) is 42.4 Å². The highest BCUT2D eigenvalue weighted by Gasteiger charge is 2.46. The van der Waals surface area contributed by atoms with Crippen molar-refractivity contribution < 1.29 is 8.83 Å². The van der Waals surface area contributed by atoms with Gasteiger partial charge in [-0.25, -0.2) is 4.98 Å². The number of oxazole rings is 1. The van der Waals surface area contributed by atoms with Crippen LogP contribution in [-0.4, -0.2) is 4.98 Å². The van der Waals surface area contributed by atoms with Crippen molar-refractivity contribution in [1.82, 2.24) is 4.98 Å². The summed E-state index contributed by atoms with van der Waals surface area (Å²) in [6, 6.07) is 77.6. The fourth-order valence-electron chi connectivity index (χ4n) is 9.54. The maximum Gasteiger partial charge on any atom is 0.227 e. The Morgan fingerprint density at radius 1 is 0.383 bits per heavy atom. The number of furan rings is 1. The summed E-state index contributed by atoms with van der Waals surface area (Å²) >= 11 is 0. The van der Waals surface area contributed by atoms with Crippen LogP contribution in [0, 0.1) is 0 Å². The van der Waals surface area contributed by atoms with E-state index in [-0.39, 0.29) is 0 Å². The molecule has 11 aromatic rings. The monoisotopic (exact) mass is 768 g/mol. The summed E-state index contributed by atoms with van der Waals surface area (Å²) in [5.41, 5.74) is 16.3. The summed E-state index contributed by atoms with van der Waals surface area (Å²) in [6.45, 7) is 0. The highest BCUT2D eigenvalue weighted by molar-refractivity contribution is 6.09. The molecule has 1 aliphatic rings. The first kappa shape index (κ1) is 34.1. The number of fused-ring (bicyclic) bond motifs is 7. The fraction of sp³-hybridized carbons (Fsp3) is 0.0179. The first-order valence-electron chi connectivity index (χ1n) is 20.4. The molecule has 0 fully saturated rings. The molecule has 2 heterocycles. The Labute approximate surface area is 347 Å². The van der Waals surface area contributed by atoms with E-state index in [0.717, 1.165) is 66.8 Å². The van der Waals surface area contributed by atoms with E-state index in [4.69, 9.17) is 13.8 Å². The van der Waals surface area contributed by atoms with Crippen LogP contribution in [0.2, 0.25) is 0 Å². The molecule has 1 aliphatic carbocycles. The van der Waals surface area contributed by atoms with E-state index in [1.807, 2.05) is 42.5 Å². The van der Waals surface area contributed by atoms with Crippen molar-refractivity contribution in [3.63, 3.8) is 0 Å². The largest absolute Gasteiger partial charge is 0.455 e. The third-order valence-electron chi connectivity index (χ3n) is 12.2. The van der Waals surface area contributed by atoms with Gasteiger partial charge < -0.3 is 13.7 Å². The number of anilines is 3. The van der Waals surface area contributed by atoms with Crippen molar-refractivity contribution in [3.8, 4) is 33.7 Å². The second kappa shape index (κ2) is 13.6. The average molecular weight is 769 g/mol. The van der Waals surface area contributed by atoms with Crippen molar-refractivity contribution in [3.05, 3.63) is 241 Å². The Kier molecular flexibility index (Phi) is 7.72. The van der Waals surface area contributed by atoms with Crippen molar-refractivity contribution in [2.24, 2.45) is 0 Å². The van der Waals surface area contributed by atoms with Crippen LogP contribution in [0.4, 0.5) is 17.1 Å². The molecule has 12 rings (SSSR count). The predicted octanol–water partition coefficient (Wildman–Crippen LogP) is 14.9. The lowest BCUT2D eigenvalue weighted by Gasteiger charge is -2.35. The van der Waals surface area contributed by atoms with Gasteiger partial charge in [0.05, 0.1) is 5.41 Å². The standard InChI is InChI=1S/C56H36N2O2/c1-4-15-38(16-5-1)55-57-51-34-32-43(36-53(51)60-55)58(41-29-27-37(28-30-41)44-23-14-24-48-47-22-11-13-26-52(47)59-54(44)48)42-31-33-46-45-21-10-12-25-49(45)56(50(46)35-42,39-17-6-2-7-18-39)40-19-8-3-9-20-40/h1-36H. The average Bonchev–Trinajstić information content (AvgIpc) is 4.01. The van der Waals surface area contributed by atoms with Crippen LogP contribution in [-0.2, 0) is 5.41 Å². The maximum absolute atomic E-state index is 6.48. The number of aromatic nitrogens is 1. The van der Waals surface area contributed by atoms with Crippen LogP contribution in [0.1, 0.15) is 22.3 Å². The predicted molar refractivity (Wildman–Crippen MR) is 244 cm³/mol. The minimum absolute atomic E-state index is 0.537. The van der Waals surface area contributed by atoms with Gasteiger partial charge in [0.15, 0.2) is 5.58 Å². The van der Waals surface area contributed by atoms with Crippen LogP contribution in [0.5, 0.6) is 0 Å². The summed E-state index contributed by atoms with van der Waals surface area (Å²) in [5.74, 6) is 0.601. The molecule has 0 N–H and O–H groups in total. The Bertz CT molecular complexity index is 3330. The molecular weight excluding hydrogens is 733 g/mol. The van der Waals surface area contributed by atoms with Crippen LogP contribution < -0.4 is 4.90 Å². The Hall–Kier alpha value is -7.95. The van der Waals surface area contributed by atoms with Gasteiger partial charge in [-0.05, 0) is 93.5 Å². The van der Waals surface area contributed by atoms with Gasteiger partial charge in [-0.1, -0.05) is 158 Å². The van der Waals surface area contributed by atoms with Gasteiger partial charge >= 0.3 is 0 Å². The molecule has 0 spiro atoms. The maximum atomic E-state index is 6.48. The lowest BCUT2D eigenvalue weighted by atomic mass is 9.67. The molecule has 9 aromatic carbocycles. The normalized spacial score (nSPS) is 12.8. The number of rotatable bonds is 7. The highest BCUT2D eigenvalue weighted by atomic mass is 16.3. The van der Waals surface area contributed by atoms with E-state index in [1.165, 1.54) is 33.4 Å². The summed E-state index contributed by atoms with van der Waals surface area (Å²) in [5, 5.41) is 2.24. The molecule has 0 amide bonds. The van der Waals surface area contributed by atoms with Crippen LogP contribution in [0.15, 0.2) is 227 Å². The molecule has 4 heteroatoms. The molecule has 0 bridgehead atoms. The smallest absolute Gasteiger partial charge is 0.227 e. The summed E-state index contributed by atoms with van der Waals surface area (Å²) in [7, 11) is 0. The first-order valence-corrected chi connectivity index (χ1v) is 20.4. The van der Waals surface area contributed by atoms with Crippen molar-refractivity contribution in [1.29, 1.82) is 0 Å². The van der Waals surface area contributed by atoms with E-state index in [1.54, 1.807) is 0 Å². The van der Waals surface area contributed by atoms with E-state index in [2.05, 4.69) is 181 Å². The molecule has 282 valence electrons. The highest BCUT2D eigenvalue weighted by Crippen LogP contribution is 2.57. The number of hydrogen-bond acceptors (Lipinski definition) is 4. The summed E-state index contributed by atoms with van der Waals surface area (Å²) in [6.07, 6.45) is 0. The molecular formula is C56H36N2O2. The van der Waals surface area contributed by atoms with Gasteiger partial charge in [0.25, 0.3) is 0 Å². The molecule has 0 atom stereocenters. The Balaban J connectivity index is 1.06. The van der Waals surface area contributed by atoms with Gasteiger partial charge in [0, 0.05) is 45.0 Å². The summed E-state index contributed by atoms with van der Waals surface area (Å²) < 4.78 is 12.9. The molecule has 60 heavy (non-hydrogen) atoms. The zero-order valence-corrected chi connectivity index (χ0v) is 32.5. The molecule has 0 radical (unpaired) electrons. The number of nitrogens with zero attached hydrogens (tertiary/aromatic N) is 2. The summed E-state index contributed by atoms with van der Waals surface area (Å²) in [4.78, 5) is 7.21. The second-order valence-corrected chi connectivity index (χ2v) is 15.5. The first-order chi connectivity index (χ1) is 29.7. The van der Waals surface area contributed by atoms with E-state index >= 15 is 0 Å². The molecule has 0 unspecified atom stereocenters.